The first kappa shape index (κ1) is 29.4. The molecule has 218 valence electrons. The molecular formula is C31H31F4N5OSi. The third kappa shape index (κ3) is 5.66. The minimum Gasteiger partial charge on any atom is -0.413 e. The van der Waals surface area contributed by atoms with Crippen LogP contribution < -0.4 is 5.73 Å². The first-order chi connectivity index (χ1) is 19.7. The van der Waals surface area contributed by atoms with Gasteiger partial charge in [0.15, 0.2) is 19.8 Å². The van der Waals surface area contributed by atoms with E-state index in [1.54, 1.807) is 29.0 Å². The predicted molar refractivity (Wildman–Crippen MR) is 159 cm³/mol. The second kappa shape index (κ2) is 10.6. The van der Waals surface area contributed by atoms with Crippen LogP contribution in [0.2, 0.25) is 18.1 Å². The largest absolute Gasteiger partial charge is 0.417 e. The van der Waals surface area contributed by atoms with Gasteiger partial charge in [0.05, 0.1) is 23.4 Å². The molecule has 0 radical (unpaired) electrons. The van der Waals surface area contributed by atoms with Gasteiger partial charge in [0, 0.05) is 17.4 Å². The van der Waals surface area contributed by atoms with Crippen LogP contribution in [0.1, 0.15) is 31.9 Å². The number of fused-ring (bicyclic) bond motifs is 1. The summed E-state index contributed by atoms with van der Waals surface area (Å²) in [6.45, 7) is 11.4. The zero-order chi connectivity index (χ0) is 30.4. The molecule has 0 aliphatic heterocycles. The number of benzene rings is 2. The van der Waals surface area contributed by atoms with Crippen LogP contribution in [0, 0.1) is 5.82 Å². The Morgan fingerprint density at radius 1 is 0.905 bits per heavy atom. The van der Waals surface area contributed by atoms with Crippen LogP contribution >= 0.6 is 0 Å². The molecule has 0 spiro atoms. The van der Waals surface area contributed by atoms with Gasteiger partial charge in [0.25, 0.3) is 0 Å². The van der Waals surface area contributed by atoms with Gasteiger partial charge >= 0.3 is 6.18 Å². The van der Waals surface area contributed by atoms with Gasteiger partial charge < -0.3 is 10.2 Å². The molecule has 5 rings (SSSR count). The molecule has 0 saturated heterocycles. The monoisotopic (exact) mass is 593 g/mol. The molecule has 0 fully saturated rings. The Bertz CT molecular complexity index is 1760. The van der Waals surface area contributed by atoms with Gasteiger partial charge in [0.2, 0.25) is 0 Å². The van der Waals surface area contributed by atoms with E-state index in [4.69, 9.17) is 15.1 Å². The molecular weight excluding hydrogens is 562 g/mol. The number of hydrogen-bond acceptors (Lipinski definition) is 5. The predicted octanol–water partition coefficient (Wildman–Crippen LogP) is 8.41. The lowest BCUT2D eigenvalue weighted by atomic mass is 10.0. The van der Waals surface area contributed by atoms with Gasteiger partial charge in [-0.1, -0.05) is 32.9 Å². The maximum absolute atomic E-state index is 13.8. The highest BCUT2D eigenvalue weighted by Crippen LogP contribution is 2.39. The molecule has 0 aliphatic rings. The lowest BCUT2D eigenvalue weighted by molar-refractivity contribution is -0.137. The van der Waals surface area contributed by atoms with Gasteiger partial charge in [-0.15, -0.1) is 0 Å². The number of nitrogens with two attached hydrogens (primary N) is 1. The molecule has 0 atom stereocenters. The quantitative estimate of drug-likeness (QED) is 0.158. The number of imidazole rings is 1. The number of nitrogens with zero attached hydrogens (tertiary/aromatic N) is 4. The van der Waals surface area contributed by atoms with Gasteiger partial charge in [-0.25, -0.2) is 19.3 Å². The van der Waals surface area contributed by atoms with Crippen LogP contribution in [0.4, 0.5) is 23.4 Å². The summed E-state index contributed by atoms with van der Waals surface area (Å²) in [7, 11) is -1.96. The number of pyridine rings is 2. The zero-order valence-electron chi connectivity index (χ0n) is 23.9. The molecule has 0 amide bonds. The van der Waals surface area contributed by atoms with Crippen LogP contribution in [-0.4, -0.2) is 27.8 Å². The Hall–Kier alpha value is -4.09. The van der Waals surface area contributed by atoms with Crippen molar-refractivity contribution in [2.24, 2.45) is 0 Å². The number of anilines is 1. The van der Waals surface area contributed by atoms with Crippen LogP contribution in [0.25, 0.3) is 39.5 Å². The van der Waals surface area contributed by atoms with E-state index in [1.807, 2.05) is 24.3 Å². The minimum atomic E-state index is -4.77. The van der Waals surface area contributed by atoms with Crippen molar-refractivity contribution in [1.82, 2.24) is 19.5 Å². The zero-order valence-corrected chi connectivity index (χ0v) is 24.9. The Labute approximate surface area is 242 Å². The maximum atomic E-state index is 13.8. The van der Waals surface area contributed by atoms with Crippen molar-refractivity contribution >= 4 is 25.3 Å². The Kier molecular flexibility index (Phi) is 7.44. The van der Waals surface area contributed by atoms with E-state index < -0.39 is 25.9 Å². The van der Waals surface area contributed by atoms with E-state index in [1.165, 1.54) is 6.07 Å². The maximum Gasteiger partial charge on any atom is 0.417 e. The fourth-order valence-electron chi connectivity index (χ4n) is 4.33. The standard InChI is InChI=1S/C31H31F4N5OSi/c1-30(2,3)42(4,5)41-18-19-8-11-21(12-9-19)40-28(23-7-6-16-37-27(23)36)39-26-15-14-25(38-29(26)40)22-13-10-20(32)17-24(22)31(33,34)35/h6-17H,18H2,1-5H3,(H2,36,37). The molecule has 42 heavy (non-hydrogen) atoms. The van der Waals surface area contributed by atoms with E-state index in [2.05, 4.69) is 43.8 Å². The number of halogens is 4. The highest BCUT2D eigenvalue weighted by atomic mass is 28.4. The second-order valence-corrected chi connectivity index (χ2v) is 16.5. The third-order valence-electron chi connectivity index (χ3n) is 7.75. The fourth-order valence-corrected chi connectivity index (χ4v) is 5.30. The summed E-state index contributed by atoms with van der Waals surface area (Å²) >= 11 is 0. The summed E-state index contributed by atoms with van der Waals surface area (Å²) in [6.07, 6.45) is -3.21. The van der Waals surface area contributed by atoms with E-state index >= 15 is 0 Å². The van der Waals surface area contributed by atoms with Crippen molar-refractivity contribution in [2.75, 3.05) is 5.73 Å². The molecule has 0 unspecified atom stereocenters. The van der Waals surface area contributed by atoms with E-state index in [0.717, 1.165) is 17.7 Å². The minimum absolute atomic E-state index is 0.0288. The molecule has 6 nitrogen and oxygen atoms in total. The normalized spacial score (nSPS) is 12.7. The first-order valence-corrected chi connectivity index (χ1v) is 16.3. The smallest absolute Gasteiger partial charge is 0.413 e. The summed E-state index contributed by atoms with van der Waals surface area (Å²) in [5.74, 6) is -0.309. The van der Waals surface area contributed by atoms with E-state index in [0.29, 0.717) is 40.9 Å². The summed E-state index contributed by atoms with van der Waals surface area (Å²) in [4.78, 5) is 13.5. The highest BCUT2D eigenvalue weighted by Gasteiger charge is 2.37. The molecule has 0 aliphatic carbocycles. The van der Waals surface area contributed by atoms with E-state index in [-0.39, 0.29) is 22.1 Å². The fraction of sp³-hybridized carbons (Fsp3) is 0.258. The molecule has 2 N–H and O–H groups in total. The number of hydrogen-bond donors (Lipinski definition) is 1. The van der Waals surface area contributed by atoms with Crippen LogP contribution in [0.3, 0.4) is 0 Å². The van der Waals surface area contributed by atoms with Crippen LogP contribution in [0.15, 0.2) is 72.9 Å². The molecule has 2 aromatic carbocycles. The van der Waals surface area contributed by atoms with Crippen molar-refractivity contribution < 1.29 is 22.0 Å². The average molecular weight is 594 g/mol. The average Bonchev–Trinajstić information content (AvgIpc) is 3.30. The van der Waals surface area contributed by atoms with Crippen LogP contribution in [0.5, 0.6) is 0 Å². The van der Waals surface area contributed by atoms with Gasteiger partial charge in [-0.2, -0.15) is 13.2 Å². The Morgan fingerprint density at radius 3 is 2.26 bits per heavy atom. The van der Waals surface area contributed by atoms with Crippen molar-refractivity contribution in [3.8, 4) is 28.3 Å². The van der Waals surface area contributed by atoms with Crippen LogP contribution in [-0.2, 0) is 17.2 Å². The van der Waals surface area contributed by atoms with Crippen molar-refractivity contribution in [1.29, 1.82) is 0 Å². The van der Waals surface area contributed by atoms with E-state index in [9.17, 15) is 17.6 Å². The summed E-state index contributed by atoms with van der Waals surface area (Å²) < 4.78 is 63.4. The molecule has 3 aromatic heterocycles. The highest BCUT2D eigenvalue weighted by molar-refractivity contribution is 6.74. The van der Waals surface area contributed by atoms with Crippen molar-refractivity contribution in [3.63, 3.8) is 0 Å². The molecule has 11 heteroatoms. The second-order valence-electron chi connectivity index (χ2n) is 11.6. The first-order valence-electron chi connectivity index (χ1n) is 13.4. The van der Waals surface area contributed by atoms with Gasteiger partial charge in [0.1, 0.15) is 17.2 Å². The molecule has 5 aromatic rings. The lowest BCUT2D eigenvalue weighted by Gasteiger charge is -2.36. The number of alkyl halides is 3. The molecule has 0 bridgehead atoms. The topological polar surface area (TPSA) is 78.9 Å². The summed E-state index contributed by atoms with van der Waals surface area (Å²) in [5, 5.41) is 0.0705. The SMILES string of the molecule is CC(C)(C)[Si](C)(C)OCc1ccc(-n2c(-c3cccnc3N)nc3ccc(-c4ccc(F)cc4C(F)(F)F)nc32)cc1. The number of aromatic nitrogens is 4. The summed E-state index contributed by atoms with van der Waals surface area (Å²) in [6, 6.07) is 16.7. The van der Waals surface area contributed by atoms with Crippen molar-refractivity contribution in [3.05, 3.63) is 89.9 Å². The molecule has 0 saturated carbocycles. The third-order valence-corrected chi connectivity index (χ3v) is 12.2. The van der Waals surface area contributed by atoms with Gasteiger partial charge in [-0.05, 0) is 78.3 Å². The summed E-state index contributed by atoms with van der Waals surface area (Å²) in [5.41, 5.74) is 7.84. The Morgan fingerprint density at radius 2 is 1.62 bits per heavy atom. The lowest BCUT2D eigenvalue weighted by Crippen LogP contribution is -2.40. The Balaban J connectivity index is 1.64. The van der Waals surface area contributed by atoms with Crippen molar-refractivity contribution in [2.45, 2.75) is 51.7 Å². The van der Waals surface area contributed by atoms with Gasteiger partial charge in [-0.3, -0.25) is 4.57 Å². The molecule has 3 heterocycles. The number of nitrogen functional groups attached to an aromatic ring is 1. The number of rotatable bonds is 6.